The lowest BCUT2D eigenvalue weighted by Gasteiger charge is -2.09. The van der Waals surface area contributed by atoms with Crippen LogP contribution in [-0.2, 0) is 6.42 Å². The van der Waals surface area contributed by atoms with Gasteiger partial charge in [0.25, 0.3) is 5.69 Å². The summed E-state index contributed by atoms with van der Waals surface area (Å²) in [6.07, 6.45) is 1.61. The quantitative estimate of drug-likeness (QED) is 0.438. The number of rotatable bonds is 6. The van der Waals surface area contributed by atoms with E-state index in [1.165, 1.54) is 12.1 Å². The van der Waals surface area contributed by atoms with Gasteiger partial charge >= 0.3 is 0 Å². The zero-order valence-electron chi connectivity index (χ0n) is 9.11. The first-order valence-electron chi connectivity index (χ1n) is 5.15. The van der Waals surface area contributed by atoms with E-state index in [1.807, 2.05) is 6.92 Å². The Kier molecular flexibility index (Phi) is 5.05. The van der Waals surface area contributed by atoms with Crippen molar-refractivity contribution in [3.63, 3.8) is 0 Å². The van der Waals surface area contributed by atoms with Gasteiger partial charge in [-0.05, 0) is 31.4 Å². The molecule has 16 heavy (non-hydrogen) atoms. The van der Waals surface area contributed by atoms with Crippen molar-refractivity contribution < 1.29 is 9.66 Å². The SMILES string of the molecule is CCOc1cc([N+](=O)[O-])ccc1CCCCl. The molecule has 0 aliphatic heterocycles. The van der Waals surface area contributed by atoms with Crippen molar-refractivity contribution in [3.8, 4) is 5.75 Å². The second-order valence-corrected chi connectivity index (χ2v) is 3.65. The van der Waals surface area contributed by atoms with Crippen molar-refractivity contribution >= 4 is 17.3 Å². The Hall–Kier alpha value is -1.29. The third-order valence-corrected chi connectivity index (χ3v) is 2.41. The molecule has 0 amide bonds. The van der Waals surface area contributed by atoms with Crippen molar-refractivity contribution in [1.82, 2.24) is 0 Å². The van der Waals surface area contributed by atoms with E-state index in [1.54, 1.807) is 6.07 Å². The first-order chi connectivity index (χ1) is 7.69. The molecule has 0 spiro atoms. The Balaban J connectivity index is 2.94. The molecule has 0 saturated heterocycles. The molecule has 4 nitrogen and oxygen atoms in total. The second-order valence-electron chi connectivity index (χ2n) is 3.27. The lowest BCUT2D eigenvalue weighted by molar-refractivity contribution is -0.384. The van der Waals surface area contributed by atoms with Crippen LogP contribution in [0.15, 0.2) is 18.2 Å². The van der Waals surface area contributed by atoms with Crippen molar-refractivity contribution in [2.75, 3.05) is 12.5 Å². The summed E-state index contributed by atoms with van der Waals surface area (Å²) >= 11 is 5.61. The highest BCUT2D eigenvalue weighted by molar-refractivity contribution is 6.17. The Morgan fingerprint density at radius 2 is 2.25 bits per heavy atom. The monoisotopic (exact) mass is 243 g/mol. The van der Waals surface area contributed by atoms with Crippen molar-refractivity contribution in [1.29, 1.82) is 0 Å². The highest BCUT2D eigenvalue weighted by atomic mass is 35.5. The Morgan fingerprint density at radius 3 is 2.81 bits per heavy atom. The summed E-state index contributed by atoms with van der Waals surface area (Å²) in [7, 11) is 0. The Bertz CT molecular complexity index is 368. The summed E-state index contributed by atoms with van der Waals surface area (Å²) in [5, 5.41) is 10.6. The molecule has 0 radical (unpaired) electrons. The van der Waals surface area contributed by atoms with E-state index in [-0.39, 0.29) is 5.69 Å². The van der Waals surface area contributed by atoms with E-state index in [4.69, 9.17) is 16.3 Å². The van der Waals surface area contributed by atoms with Crippen LogP contribution in [0.4, 0.5) is 5.69 Å². The zero-order valence-corrected chi connectivity index (χ0v) is 9.87. The minimum absolute atomic E-state index is 0.0538. The molecule has 0 atom stereocenters. The third kappa shape index (κ3) is 3.38. The summed E-state index contributed by atoms with van der Waals surface area (Å²) < 4.78 is 5.38. The normalized spacial score (nSPS) is 10.1. The Morgan fingerprint density at radius 1 is 1.50 bits per heavy atom. The van der Waals surface area contributed by atoms with Gasteiger partial charge in [-0.3, -0.25) is 10.1 Å². The van der Waals surface area contributed by atoms with Gasteiger partial charge in [-0.25, -0.2) is 0 Å². The summed E-state index contributed by atoms with van der Waals surface area (Å²) in [4.78, 5) is 10.2. The molecule has 0 fully saturated rings. The van der Waals surface area contributed by atoms with Crippen LogP contribution in [-0.4, -0.2) is 17.4 Å². The molecule has 0 unspecified atom stereocenters. The van der Waals surface area contributed by atoms with Crippen LogP contribution < -0.4 is 4.74 Å². The van der Waals surface area contributed by atoms with E-state index >= 15 is 0 Å². The summed E-state index contributed by atoms with van der Waals surface area (Å²) in [5.74, 6) is 1.16. The number of aryl methyl sites for hydroxylation is 1. The van der Waals surface area contributed by atoms with Crippen molar-refractivity contribution in [2.45, 2.75) is 19.8 Å². The highest BCUT2D eigenvalue weighted by Gasteiger charge is 2.11. The predicted molar refractivity (Wildman–Crippen MR) is 63.3 cm³/mol. The topological polar surface area (TPSA) is 52.4 Å². The van der Waals surface area contributed by atoms with E-state index in [0.29, 0.717) is 18.2 Å². The summed E-state index contributed by atoms with van der Waals surface area (Å²) in [5.41, 5.74) is 1.02. The number of nitro groups is 1. The molecule has 0 aromatic heterocycles. The minimum atomic E-state index is -0.423. The fourth-order valence-electron chi connectivity index (χ4n) is 1.41. The van der Waals surface area contributed by atoms with Crippen molar-refractivity contribution in [3.05, 3.63) is 33.9 Å². The molecule has 0 N–H and O–H groups in total. The van der Waals surface area contributed by atoms with E-state index in [0.717, 1.165) is 18.4 Å². The maximum absolute atomic E-state index is 10.6. The van der Waals surface area contributed by atoms with Gasteiger partial charge in [-0.15, -0.1) is 11.6 Å². The second kappa shape index (κ2) is 6.33. The number of ether oxygens (including phenoxy) is 1. The van der Waals surface area contributed by atoms with Crippen LogP contribution in [0.25, 0.3) is 0 Å². The molecule has 1 aromatic rings. The zero-order chi connectivity index (χ0) is 12.0. The van der Waals surface area contributed by atoms with Gasteiger partial charge in [-0.1, -0.05) is 0 Å². The molecule has 0 aliphatic carbocycles. The molecule has 1 aromatic carbocycles. The maximum atomic E-state index is 10.6. The molecule has 0 aliphatic rings. The number of non-ortho nitro benzene ring substituents is 1. The van der Waals surface area contributed by atoms with Gasteiger partial charge in [0.05, 0.1) is 17.6 Å². The van der Waals surface area contributed by atoms with Gasteiger partial charge in [-0.2, -0.15) is 0 Å². The van der Waals surface area contributed by atoms with Crippen LogP contribution >= 0.6 is 11.6 Å². The van der Waals surface area contributed by atoms with Gasteiger partial charge in [0.2, 0.25) is 0 Å². The molecular weight excluding hydrogens is 230 g/mol. The number of alkyl halides is 1. The highest BCUT2D eigenvalue weighted by Crippen LogP contribution is 2.26. The van der Waals surface area contributed by atoms with E-state index in [2.05, 4.69) is 0 Å². The van der Waals surface area contributed by atoms with Crippen molar-refractivity contribution in [2.24, 2.45) is 0 Å². The van der Waals surface area contributed by atoms with Gasteiger partial charge in [0, 0.05) is 11.9 Å². The average Bonchev–Trinajstić information content (AvgIpc) is 2.27. The molecule has 88 valence electrons. The number of hydrogen-bond acceptors (Lipinski definition) is 3. The van der Waals surface area contributed by atoms with E-state index in [9.17, 15) is 10.1 Å². The fraction of sp³-hybridized carbons (Fsp3) is 0.455. The number of nitrogens with zero attached hydrogens (tertiary/aromatic N) is 1. The third-order valence-electron chi connectivity index (χ3n) is 2.14. The first kappa shape index (κ1) is 12.8. The van der Waals surface area contributed by atoms with Gasteiger partial charge in [0.1, 0.15) is 5.75 Å². The smallest absolute Gasteiger partial charge is 0.273 e. The number of hydrogen-bond donors (Lipinski definition) is 0. The van der Waals surface area contributed by atoms with Crippen LogP contribution in [0.5, 0.6) is 5.75 Å². The van der Waals surface area contributed by atoms with Crippen LogP contribution in [0.1, 0.15) is 18.9 Å². The summed E-state index contributed by atoms with van der Waals surface area (Å²) in [6.45, 7) is 2.35. The fourth-order valence-corrected chi connectivity index (χ4v) is 1.54. The number of halogens is 1. The van der Waals surface area contributed by atoms with Gasteiger partial charge in [0.15, 0.2) is 0 Å². The first-order valence-corrected chi connectivity index (χ1v) is 5.68. The lowest BCUT2D eigenvalue weighted by Crippen LogP contribution is -1.99. The number of nitro benzene ring substituents is 1. The predicted octanol–water partition coefficient (Wildman–Crippen LogP) is 3.16. The minimum Gasteiger partial charge on any atom is -0.493 e. The average molecular weight is 244 g/mol. The molecular formula is C11H14ClNO3. The summed E-state index contributed by atoms with van der Waals surface area (Å²) in [6, 6.07) is 4.69. The molecule has 1 rings (SSSR count). The molecule has 0 heterocycles. The maximum Gasteiger partial charge on any atom is 0.273 e. The number of benzene rings is 1. The molecule has 0 saturated carbocycles. The standard InChI is InChI=1S/C11H14ClNO3/c1-2-16-11-8-10(13(14)15)6-5-9(11)4-3-7-12/h5-6,8H,2-4,7H2,1H3. The lowest BCUT2D eigenvalue weighted by atomic mass is 10.1. The Labute approximate surface area is 99.3 Å². The van der Waals surface area contributed by atoms with E-state index < -0.39 is 4.92 Å². The molecule has 0 bridgehead atoms. The molecule has 5 heteroatoms. The van der Waals surface area contributed by atoms with Crippen LogP contribution in [0.2, 0.25) is 0 Å². The van der Waals surface area contributed by atoms with Crippen LogP contribution in [0, 0.1) is 10.1 Å². The largest absolute Gasteiger partial charge is 0.493 e. The van der Waals surface area contributed by atoms with Crippen LogP contribution in [0.3, 0.4) is 0 Å². The van der Waals surface area contributed by atoms with Gasteiger partial charge < -0.3 is 4.74 Å².